The first-order valence-corrected chi connectivity index (χ1v) is 16.8. The number of methoxy groups -OCH3 is 1. The molecule has 1 aromatic heterocycles. The Balaban J connectivity index is 1.53. The summed E-state index contributed by atoms with van der Waals surface area (Å²) in [7, 11) is -0.858. The molecule has 40 heavy (non-hydrogen) atoms. The maximum Gasteiger partial charge on any atom is 0.527 e. The molecule has 0 aliphatic heterocycles. The van der Waals surface area contributed by atoms with Gasteiger partial charge in [0.2, 0.25) is 6.33 Å². The van der Waals surface area contributed by atoms with Gasteiger partial charge in [-0.1, -0.05) is 109 Å². The second kappa shape index (κ2) is 21.1. The molecule has 0 amide bonds. The van der Waals surface area contributed by atoms with Crippen LogP contribution in [0.5, 0.6) is 5.75 Å². The van der Waals surface area contributed by atoms with Gasteiger partial charge < -0.3 is 14.0 Å². The lowest BCUT2D eigenvalue weighted by molar-refractivity contribution is -0.671. The summed E-state index contributed by atoms with van der Waals surface area (Å²) in [6, 6.07) is 7.15. The van der Waals surface area contributed by atoms with E-state index in [9.17, 15) is 9.46 Å². The largest absolute Gasteiger partial charge is 0.527 e. The minimum Gasteiger partial charge on any atom is -0.404 e. The number of phosphoric acid groups is 1. The lowest BCUT2D eigenvalue weighted by Gasteiger charge is -2.19. The standard InChI is InChI=1S/C31H53N2O6P/c1-4-5-6-7-8-9-10-11-12-13-14-15-16-19-24-37-26-30(36-3)27-38-40(34,35)39-31-21-18-17-20-29(31)25-33-23-22-32(2)28-33/h17-18,20-23,28,30H,4-16,19,24-27H2,1-3H3/p+1. The summed E-state index contributed by atoms with van der Waals surface area (Å²) < 4.78 is 38.3. The summed E-state index contributed by atoms with van der Waals surface area (Å²) in [5.74, 6) is 0.313. The topological polar surface area (TPSA) is 83.0 Å². The zero-order valence-electron chi connectivity index (χ0n) is 25.2. The quantitative estimate of drug-likeness (QED) is 0.0749. The van der Waals surface area contributed by atoms with Crippen LogP contribution in [0.15, 0.2) is 43.0 Å². The van der Waals surface area contributed by atoms with Crippen molar-refractivity contribution < 1.29 is 32.5 Å². The van der Waals surface area contributed by atoms with E-state index in [4.69, 9.17) is 18.5 Å². The number of unbranched alkanes of at least 4 members (excludes halogenated alkanes) is 13. The Morgan fingerprint density at radius 3 is 2.08 bits per heavy atom. The van der Waals surface area contributed by atoms with E-state index in [1.165, 1.54) is 77.0 Å². The van der Waals surface area contributed by atoms with Gasteiger partial charge in [-0.2, -0.15) is 0 Å². The van der Waals surface area contributed by atoms with Gasteiger partial charge in [0.05, 0.1) is 20.3 Å². The highest BCUT2D eigenvalue weighted by atomic mass is 31.2. The van der Waals surface area contributed by atoms with Crippen LogP contribution in [0.1, 0.15) is 102 Å². The van der Waals surface area contributed by atoms with Crippen molar-refractivity contribution in [1.29, 1.82) is 0 Å². The average Bonchev–Trinajstić information content (AvgIpc) is 3.35. The van der Waals surface area contributed by atoms with E-state index in [0.717, 1.165) is 18.4 Å². The Morgan fingerprint density at radius 1 is 0.900 bits per heavy atom. The highest BCUT2D eigenvalue weighted by Gasteiger charge is 2.26. The molecule has 0 bridgehead atoms. The van der Waals surface area contributed by atoms with Crippen molar-refractivity contribution in [2.24, 2.45) is 7.05 Å². The molecule has 2 rings (SSSR count). The number of hydrogen-bond donors (Lipinski definition) is 1. The second-order valence-electron chi connectivity index (χ2n) is 10.7. The van der Waals surface area contributed by atoms with Gasteiger partial charge in [0.15, 0.2) is 0 Å². The molecular weight excluding hydrogens is 527 g/mol. The normalized spacial score (nSPS) is 13.8. The van der Waals surface area contributed by atoms with Crippen molar-refractivity contribution in [3.05, 3.63) is 48.5 Å². The minimum absolute atomic E-state index is 0.0986. The van der Waals surface area contributed by atoms with Gasteiger partial charge in [-0.15, -0.1) is 0 Å². The number of hydrogen-bond acceptors (Lipinski definition) is 5. The SMILES string of the molecule is CCCCCCCCCCCCCCCCOCC(COP(=O)(O)Oc1ccccc1Cn1cc[n+](C)c1)OC. The first-order valence-electron chi connectivity index (χ1n) is 15.3. The molecule has 0 radical (unpaired) electrons. The van der Waals surface area contributed by atoms with Gasteiger partial charge >= 0.3 is 7.82 Å². The Hall–Kier alpha value is -1.70. The Morgan fingerprint density at radius 2 is 1.50 bits per heavy atom. The van der Waals surface area contributed by atoms with Crippen molar-refractivity contribution in [1.82, 2.24) is 4.57 Å². The first-order chi connectivity index (χ1) is 19.4. The van der Waals surface area contributed by atoms with Crippen LogP contribution in [0, 0.1) is 0 Å². The summed E-state index contributed by atoms with van der Waals surface area (Å²) >= 11 is 0. The van der Waals surface area contributed by atoms with Crippen molar-refractivity contribution in [3.63, 3.8) is 0 Å². The van der Waals surface area contributed by atoms with Crippen LogP contribution >= 0.6 is 7.82 Å². The molecule has 1 N–H and O–H groups in total. The molecule has 2 atom stereocenters. The Kier molecular flexibility index (Phi) is 18.2. The van der Waals surface area contributed by atoms with E-state index in [2.05, 4.69) is 6.92 Å². The summed E-state index contributed by atoms with van der Waals surface area (Å²) in [6.45, 7) is 3.63. The third-order valence-corrected chi connectivity index (χ3v) is 7.97. The van der Waals surface area contributed by atoms with Crippen LogP contribution in [0.25, 0.3) is 0 Å². The number of imidazole rings is 1. The fourth-order valence-corrected chi connectivity index (χ4v) is 5.48. The van der Waals surface area contributed by atoms with Gasteiger partial charge in [0, 0.05) is 19.3 Å². The number of para-hydroxylation sites is 1. The zero-order valence-corrected chi connectivity index (χ0v) is 26.1. The van der Waals surface area contributed by atoms with Crippen LogP contribution < -0.4 is 9.09 Å². The highest BCUT2D eigenvalue weighted by Crippen LogP contribution is 2.45. The number of ether oxygens (including phenoxy) is 2. The number of aryl methyl sites for hydroxylation is 1. The average molecular weight is 582 g/mol. The van der Waals surface area contributed by atoms with Gasteiger partial charge in [-0.05, 0) is 12.5 Å². The maximum absolute atomic E-state index is 12.6. The monoisotopic (exact) mass is 581 g/mol. The third-order valence-electron chi connectivity index (χ3n) is 7.07. The smallest absolute Gasteiger partial charge is 0.404 e. The van der Waals surface area contributed by atoms with Crippen LogP contribution in [-0.2, 0) is 32.2 Å². The maximum atomic E-state index is 12.6. The lowest BCUT2D eigenvalue weighted by Crippen LogP contribution is -2.24. The molecule has 228 valence electrons. The molecule has 1 heterocycles. The summed E-state index contributed by atoms with van der Waals surface area (Å²) in [5.41, 5.74) is 0.774. The molecule has 9 heteroatoms. The van der Waals surface area contributed by atoms with Gasteiger partial charge in [0.1, 0.15) is 30.8 Å². The molecule has 0 fully saturated rings. The minimum atomic E-state index is -4.33. The molecule has 8 nitrogen and oxygen atoms in total. The molecule has 2 unspecified atom stereocenters. The number of phosphoric ester groups is 1. The van der Waals surface area contributed by atoms with Crippen LogP contribution in [0.4, 0.5) is 0 Å². The molecule has 0 saturated carbocycles. The zero-order chi connectivity index (χ0) is 28.9. The fraction of sp³-hybridized carbons (Fsp3) is 0.710. The predicted octanol–water partition coefficient (Wildman–Crippen LogP) is 7.37. The van der Waals surface area contributed by atoms with Gasteiger partial charge in [-0.3, -0.25) is 9.42 Å². The van der Waals surface area contributed by atoms with Crippen molar-refractivity contribution in [2.45, 2.75) is 109 Å². The number of aromatic nitrogens is 2. The molecule has 1 aromatic carbocycles. The molecule has 0 saturated heterocycles. The van der Waals surface area contributed by atoms with E-state index in [0.29, 0.717) is 25.5 Å². The second-order valence-corrected chi connectivity index (χ2v) is 12.1. The summed E-state index contributed by atoms with van der Waals surface area (Å²) in [6.07, 6.45) is 23.8. The lowest BCUT2D eigenvalue weighted by atomic mass is 10.0. The summed E-state index contributed by atoms with van der Waals surface area (Å²) in [5, 5.41) is 0. The van der Waals surface area contributed by atoms with Crippen LogP contribution in [0.2, 0.25) is 0 Å². The first kappa shape index (κ1) is 34.5. The number of rotatable bonds is 25. The van der Waals surface area contributed by atoms with E-state index >= 15 is 0 Å². The van der Waals surface area contributed by atoms with Crippen molar-refractivity contribution in [2.75, 3.05) is 26.9 Å². The van der Waals surface area contributed by atoms with E-state index in [1.54, 1.807) is 19.2 Å². The van der Waals surface area contributed by atoms with Crippen molar-refractivity contribution >= 4 is 7.82 Å². The molecule has 0 aliphatic carbocycles. The molecule has 0 spiro atoms. The van der Waals surface area contributed by atoms with Gasteiger partial charge in [-0.25, -0.2) is 13.7 Å². The van der Waals surface area contributed by atoms with E-state index in [1.807, 2.05) is 47.0 Å². The molecular formula is C31H54N2O6P+. The highest BCUT2D eigenvalue weighted by molar-refractivity contribution is 7.47. The Labute approximate surface area is 242 Å². The van der Waals surface area contributed by atoms with Crippen LogP contribution in [-0.4, -0.2) is 42.5 Å². The third kappa shape index (κ3) is 15.9. The number of nitrogens with zero attached hydrogens (tertiary/aromatic N) is 2. The number of benzene rings is 1. The fourth-order valence-electron chi connectivity index (χ4n) is 4.64. The Bertz CT molecular complexity index is 953. The molecule has 2 aromatic rings. The van der Waals surface area contributed by atoms with Crippen LogP contribution in [0.3, 0.4) is 0 Å². The van der Waals surface area contributed by atoms with Gasteiger partial charge in [0.25, 0.3) is 0 Å². The van der Waals surface area contributed by atoms with E-state index in [-0.39, 0.29) is 6.61 Å². The molecule has 0 aliphatic rings. The predicted molar refractivity (Wildman–Crippen MR) is 159 cm³/mol. The van der Waals surface area contributed by atoms with E-state index < -0.39 is 13.9 Å². The van der Waals surface area contributed by atoms with Crippen molar-refractivity contribution in [3.8, 4) is 5.75 Å². The summed E-state index contributed by atoms with van der Waals surface area (Å²) in [4.78, 5) is 10.3.